The van der Waals surface area contributed by atoms with Gasteiger partial charge in [0.2, 0.25) is 0 Å². The molecule has 1 amide bonds. The van der Waals surface area contributed by atoms with E-state index in [1.165, 1.54) is 4.88 Å². The maximum Gasteiger partial charge on any atom is 0.261 e. The highest BCUT2D eigenvalue weighted by Gasteiger charge is 2.20. The predicted molar refractivity (Wildman–Crippen MR) is 83.9 cm³/mol. The van der Waals surface area contributed by atoms with Gasteiger partial charge < -0.3 is 9.88 Å². The van der Waals surface area contributed by atoms with E-state index in [0.717, 1.165) is 35.4 Å². The highest BCUT2D eigenvalue weighted by atomic mass is 32.1. The number of aryl methyl sites for hydroxylation is 3. The first kappa shape index (κ1) is 14.1. The first-order valence-corrected chi connectivity index (χ1v) is 7.92. The van der Waals surface area contributed by atoms with Crippen LogP contribution in [0.15, 0.2) is 23.0 Å². The molecule has 4 nitrogen and oxygen atoms in total. The van der Waals surface area contributed by atoms with Gasteiger partial charge in [-0.05, 0) is 49.9 Å². The van der Waals surface area contributed by atoms with Gasteiger partial charge in [0.05, 0.1) is 6.54 Å². The highest BCUT2D eigenvalue weighted by Crippen LogP contribution is 2.20. The second kappa shape index (κ2) is 5.48. The Hall–Kier alpha value is -1.88. The van der Waals surface area contributed by atoms with E-state index >= 15 is 0 Å². The minimum Gasteiger partial charge on any atom is -0.336 e. The van der Waals surface area contributed by atoms with E-state index in [2.05, 4.69) is 4.98 Å². The summed E-state index contributed by atoms with van der Waals surface area (Å²) >= 11 is 1.67. The van der Waals surface area contributed by atoms with Crippen molar-refractivity contribution in [2.75, 3.05) is 7.05 Å². The summed E-state index contributed by atoms with van der Waals surface area (Å²) in [5, 5.41) is 0. The summed E-state index contributed by atoms with van der Waals surface area (Å²) in [6.45, 7) is 2.58. The minimum atomic E-state index is -0.269. The van der Waals surface area contributed by atoms with Crippen molar-refractivity contribution in [3.63, 3.8) is 0 Å². The third-order valence-corrected chi connectivity index (χ3v) is 4.84. The van der Waals surface area contributed by atoms with Crippen LogP contribution < -0.4 is 5.56 Å². The minimum absolute atomic E-state index is 0.211. The van der Waals surface area contributed by atoms with Crippen LogP contribution in [0.2, 0.25) is 0 Å². The van der Waals surface area contributed by atoms with Gasteiger partial charge >= 0.3 is 0 Å². The van der Waals surface area contributed by atoms with Crippen molar-refractivity contribution >= 4 is 17.2 Å². The lowest BCUT2D eigenvalue weighted by Crippen LogP contribution is -2.31. The topological polar surface area (TPSA) is 53.2 Å². The Kier molecular flexibility index (Phi) is 3.68. The Morgan fingerprint density at radius 2 is 2.19 bits per heavy atom. The summed E-state index contributed by atoms with van der Waals surface area (Å²) in [6.07, 6.45) is 2.90. The number of carbonyl (C=O) groups excluding carboxylic acids is 1. The van der Waals surface area contributed by atoms with Crippen LogP contribution in [0.5, 0.6) is 0 Å². The van der Waals surface area contributed by atoms with Gasteiger partial charge in [-0.3, -0.25) is 9.59 Å². The molecule has 0 unspecified atom stereocenters. The summed E-state index contributed by atoms with van der Waals surface area (Å²) in [6, 6.07) is 5.84. The lowest BCUT2D eigenvalue weighted by Gasteiger charge is -2.16. The number of hydrogen-bond acceptors (Lipinski definition) is 3. The Bertz CT molecular complexity index is 745. The first-order chi connectivity index (χ1) is 10.0. The Balaban J connectivity index is 1.83. The quantitative estimate of drug-likeness (QED) is 0.947. The fraction of sp³-hybridized carbons (Fsp3) is 0.375. The van der Waals surface area contributed by atoms with E-state index in [1.807, 2.05) is 19.1 Å². The van der Waals surface area contributed by atoms with Gasteiger partial charge in [0.15, 0.2) is 0 Å². The molecule has 2 aromatic heterocycles. The summed E-state index contributed by atoms with van der Waals surface area (Å²) in [5.74, 6) is -0.211. The summed E-state index contributed by atoms with van der Waals surface area (Å²) in [7, 11) is 1.74. The maximum absolute atomic E-state index is 12.5. The number of fused-ring (bicyclic) bond motifs is 1. The molecule has 5 heteroatoms. The predicted octanol–water partition coefficient (Wildman–Crippen LogP) is 2.51. The summed E-state index contributed by atoms with van der Waals surface area (Å²) in [5.41, 5.74) is 2.09. The number of nitrogens with zero attached hydrogens (tertiary/aromatic N) is 1. The number of thiophene rings is 1. The largest absolute Gasteiger partial charge is 0.336 e. The van der Waals surface area contributed by atoms with Gasteiger partial charge in [0.1, 0.15) is 5.56 Å². The third-order valence-electron chi connectivity index (χ3n) is 3.85. The van der Waals surface area contributed by atoms with Crippen molar-refractivity contribution in [3.8, 4) is 0 Å². The second-order valence-corrected chi connectivity index (χ2v) is 6.92. The van der Waals surface area contributed by atoms with Gasteiger partial charge in [0.25, 0.3) is 11.5 Å². The number of H-pyrrole nitrogens is 1. The van der Waals surface area contributed by atoms with Crippen molar-refractivity contribution in [2.45, 2.75) is 32.7 Å². The normalized spacial score (nSPS) is 13.2. The molecule has 110 valence electrons. The molecular weight excluding hydrogens is 284 g/mol. The average molecular weight is 302 g/mol. The Morgan fingerprint density at radius 3 is 2.90 bits per heavy atom. The number of nitrogens with one attached hydrogen (secondary N) is 1. The van der Waals surface area contributed by atoms with E-state index < -0.39 is 0 Å². The number of aromatic amines is 1. The molecule has 1 aliphatic rings. The van der Waals surface area contributed by atoms with Gasteiger partial charge in [-0.25, -0.2) is 0 Å². The second-order valence-electron chi connectivity index (χ2n) is 5.54. The zero-order valence-corrected chi connectivity index (χ0v) is 13.0. The van der Waals surface area contributed by atoms with Crippen molar-refractivity contribution in [3.05, 3.63) is 55.1 Å². The monoisotopic (exact) mass is 302 g/mol. The molecule has 3 rings (SSSR count). The number of aromatic nitrogens is 1. The van der Waals surface area contributed by atoms with Crippen LogP contribution in [0.4, 0.5) is 0 Å². The van der Waals surface area contributed by atoms with Gasteiger partial charge in [-0.15, -0.1) is 11.3 Å². The molecule has 1 N–H and O–H groups in total. The molecule has 0 saturated carbocycles. The first-order valence-electron chi connectivity index (χ1n) is 7.10. The number of rotatable bonds is 3. The van der Waals surface area contributed by atoms with E-state index in [9.17, 15) is 9.59 Å². The molecule has 0 aliphatic heterocycles. The van der Waals surface area contributed by atoms with Crippen molar-refractivity contribution in [1.29, 1.82) is 0 Å². The Morgan fingerprint density at radius 1 is 1.38 bits per heavy atom. The van der Waals surface area contributed by atoms with Gasteiger partial charge in [-0.2, -0.15) is 0 Å². The fourth-order valence-electron chi connectivity index (χ4n) is 2.75. The SMILES string of the molecule is Cc1ccc(CN(C)C(=O)c2cc3c([nH]c2=O)CCC3)s1. The fourth-order valence-corrected chi connectivity index (χ4v) is 3.70. The molecule has 0 atom stereocenters. The van der Waals surface area contributed by atoms with Crippen LogP contribution in [0, 0.1) is 6.92 Å². The third kappa shape index (κ3) is 2.78. The van der Waals surface area contributed by atoms with Crippen molar-refractivity contribution in [2.24, 2.45) is 0 Å². The lowest BCUT2D eigenvalue weighted by atomic mass is 10.1. The molecule has 0 spiro atoms. The standard InChI is InChI=1S/C16H18N2O2S/c1-10-6-7-12(21-10)9-18(2)16(20)13-8-11-4-3-5-14(11)17-15(13)19/h6-8H,3-5,9H2,1-2H3,(H,17,19). The van der Waals surface area contributed by atoms with E-state index in [-0.39, 0.29) is 17.0 Å². The number of amides is 1. The smallest absolute Gasteiger partial charge is 0.261 e. The van der Waals surface area contributed by atoms with Crippen LogP contribution in [-0.2, 0) is 19.4 Å². The van der Waals surface area contributed by atoms with Crippen molar-refractivity contribution in [1.82, 2.24) is 9.88 Å². The van der Waals surface area contributed by atoms with Crippen LogP contribution in [0.25, 0.3) is 0 Å². The molecule has 0 aromatic carbocycles. The molecule has 2 heterocycles. The van der Waals surface area contributed by atoms with Crippen LogP contribution >= 0.6 is 11.3 Å². The highest BCUT2D eigenvalue weighted by molar-refractivity contribution is 7.11. The molecule has 2 aromatic rings. The molecule has 0 saturated heterocycles. The van der Waals surface area contributed by atoms with Crippen LogP contribution in [0.1, 0.15) is 37.8 Å². The van der Waals surface area contributed by atoms with Gasteiger partial charge in [0, 0.05) is 22.5 Å². The van der Waals surface area contributed by atoms with Crippen LogP contribution in [-0.4, -0.2) is 22.8 Å². The van der Waals surface area contributed by atoms with Gasteiger partial charge in [-0.1, -0.05) is 0 Å². The zero-order chi connectivity index (χ0) is 15.0. The average Bonchev–Trinajstić information content (AvgIpc) is 3.05. The molecule has 0 radical (unpaired) electrons. The number of hydrogen-bond donors (Lipinski definition) is 1. The summed E-state index contributed by atoms with van der Waals surface area (Å²) < 4.78 is 0. The Labute approximate surface area is 127 Å². The van der Waals surface area contributed by atoms with E-state index in [4.69, 9.17) is 0 Å². The van der Waals surface area contributed by atoms with Crippen LogP contribution in [0.3, 0.4) is 0 Å². The van der Waals surface area contributed by atoms with Crippen molar-refractivity contribution < 1.29 is 4.79 Å². The molecular formula is C16H18N2O2S. The molecule has 21 heavy (non-hydrogen) atoms. The zero-order valence-electron chi connectivity index (χ0n) is 12.2. The maximum atomic E-state index is 12.5. The molecule has 0 bridgehead atoms. The summed E-state index contributed by atoms with van der Waals surface area (Å²) in [4.78, 5) is 31.4. The van der Waals surface area contributed by atoms with E-state index in [0.29, 0.717) is 6.54 Å². The number of carbonyl (C=O) groups is 1. The molecule has 0 fully saturated rings. The molecule has 1 aliphatic carbocycles. The lowest BCUT2D eigenvalue weighted by molar-refractivity contribution is 0.0784. The number of pyridine rings is 1. The van der Waals surface area contributed by atoms with E-state index in [1.54, 1.807) is 29.4 Å².